The Morgan fingerprint density at radius 3 is 2.95 bits per heavy atom. The number of rotatable bonds is 4. The number of anilines is 1. The minimum absolute atomic E-state index is 0.212. The molecule has 0 aliphatic carbocycles. The molecule has 0 saturated carbocycles. The molecule has 1 heterocycles. The molecular weight excluding hydrogens is 265 g/mol. The Labute approximate surface area is 114 Å². The lowest BCUT2D eigenvalue weighted by Crippen LogP contribution is -2.10. The molecule has 0 unspecified atom stereocenters. The zero-order chi connectivity index (χ0) is 13.8. The van der Waals surface area contributed by atoms with Crippen LogP contribution >= 0.6 is 11.8 Å². The van der Waals surface area contributed by atoms with Gasteiger partial charge in [-0.05, 0) is 36.4 Å². The summed E-state index contributed by atoms with van der Waals surface area (Å²) in [6.07, 6.45) is 1.64. The molecule has 3 N–H and O–H groups in total. The van der Waals surface area contributed by atoms with Gasteiger partial charge in [0.05, 0.1) is 0 Å². The van der Waals surface area contributed by atoms with Gasteiger partial charge in [-0.15, -0.1) is 0 Å². The Balaban J connectivity index is 2.32. The van der Waals surface area contributed by atoms with Gasteiger partial charge >= 0.3 is 0 Å². The highest BCUT2D eigenvalue weighted by molar-refractivity contribution is 7.99. The Morgan fingerprint density at radius 2 is 2.21 bits per heavy atom. The van der Waals surface area contributed by atoms with Crippen LogP contribution in [0.1, 0.15) is 19.0 Å². The van der Waals surface area contributed by atoms with E-state index in [9.17, 15) is 9.18 Å². The number of aryl methyl sites for hydroxylation is 1. The molecule has 6 heteroatoms. The van der Waals surface area contributed by atoms with Crippen LogP contribution in [0, 0.1) is 5.82 Å². The Kier molecular flexibility index (Phi) is 4.21. The third-order valence-corrected chi connectivity index (χ3v) is 3.42. The highest BCUT2D eigenvalue weighted by Gasteiger charge is 2.07. The van der Waals surface area contributed by atoms with Crippen molar-refractivity contribution < 1.29 is 4.39 Å². The van der Waals surface area contributed by atoms with Gasteiger partial charge in [-0.3, -0.25) is 4.79 Å². The maximum atomic E-state index is 13.2. The first-order valence-corrected chi connectivity index (χ1v) is 6.73. The van der Waals surface area contributed by atoms with Crippen LogP contribution in [0.2, 0.25) is 0 Å². The summed E-state index contributed by atoms with van der Waals surface area (Å²) in [7, 11) is 0. The van der Waals surface area contributed by atoms with E-state index >= 15 is 0 Å². The lowest BCUT2D eigenvalue weighted by Gasteiger charge is -2.06. The largest absolute Gasteiger partial charge is 0.398 e. The zero-order valence-corrected chi connectivity index (χ0v) is 11.3. The average molecular weight is 279 g/mol. The van der Waals surface area contributed by atoms with E-state index in [-0.39, 0.29) is 11.4 Å². The Bertz CT molecular complexity index is 642. The topological polar surface area (TPSA) is 71.8 Å². The highest BCUT2D eigenvalue weighted by Crippen LogP contribution is 2.29. The molecule has 0 radical (unpaired) electrons. The number of nitrogens with two attached hydrogens (primary N) is 1. The molecule has 2 aromatic rings. The molecular formula is C13H14FN3OS. The normalized spacial score (nSPS) is 10.6. The molecule has 100 valence electrons. The zero-order valence-electron chi connectivity index (χ0n) is 10.4. The molecule has 0 fully saturated rings. The molecule has 0 aliphatic heterocycles. The van der Waals surface area contributed by atoms with E-state index in [2.05, 4.69) is 9.97 Å². The number of aromatic nitrogens is 2. The molecule has 1 aromatic heterocycles. The number of aromatic amines is 1. The summed E-state index contributed by atoms with van der Waals surface area (Å²) in [6.45, 7) is 2.01. The molecule has 0 atom stereocenters. The number of nitrogens with zero attached hydrogens (tertiary/aromatic N) is 1. The van der Waals surface area contributed by atoms with Gasteiger partial charge in [0.2, 0.25) is 0 Å². The molecule has 19 heavy (non-hydrogen) atoms. The van der Waals surface area contributed by atoms with Crippen molar-refractivity contribution in [1.82, 2.24) is 9.97 Å². The van der Waals surface area contributed by atoms with Crippen molar-refractivity contribution in [2.75, 3.05) is 5.73 Å². The minimum atomic E-state index is -0.372. The summed E-state index contributed by atoms with van der Waals surface area (Å²) in [6, 6.07) is 5.59. The van der Waals surface area contributed by atoms with Crippen molar-refractivity contribution >= 4 is 17.4 Å². The summed E-state index contributed by atoms with van der Waals surface area (Å²) in [5.41, 5.74) is 6.73. The second kappa shape index (κ2) is 5.88. The van der Waals surface area contributed by atoms with E-state index < -0.39 is 0 Å². The number of hydrogen-bond donors (Lipinski definition) is 2. The van der Waals surface area contributed by atoms with Gasteiger partial charge < -0.3 is 10.7 Å². The molecule has 0 bridgehead atoms. The van der Waals surface area contributed by atoms with Gasteiger partial charge in [0.1, 0.15) is 5.82 Å². The van der Waals surface area contributed by atoms with Gasteiger partial charge in [0.25, 0.3) is 5.56 Å². The lowest BCUT2D eigenvalue weighted by atomic mass is 10.2. The predicted molar refractivity (Wildman–Crippen MR) is 73.8 cm³/mol. The summed E-state index contributed by atoms with van der Waals surface area (Å²) in [4.78, 5) is 19.0. The van der Waals surface area contributed by atoms with Crippen molar-refractivity contribution in [2.45, 2.75) is 29.8 Å². The van der Waals surface area contributed by atoms with Gasteiger partial charge in [0.15, 0.2) is 5.16 Å². The fourth-order valence-corrected chi connectivity index (χ4v) is 2.50. The van der Waals surface area contributed by atoms with Crippen LogP contribution in [0.4, 0.5) is 10.1 Å². The van der Waals surface area contributed by atoms with Gasteiger partial charge in [-0.1, -0.05) is 13.3 Å². The summed E-state index contributed by atoms with van der Waals surface area (Å²) >= 11 is 1.15. The van der Waals surface area contributed by atoms with E-state index in [1.54, 1.807) is 0 Å². The number of halogens is 1. The molecule has 2 rings (SSSR count). The molecule has 0 aliphatic rings. The van der Waals surface area contributed by atoms with Crippen molar-refractivity contribution in [2.24, 2.45) is 0 Å². The summed E-state index contributed by atoms with van der Waals surface area (Å²) in [5.74, 6) is -0.372. The SMILES string of the molecule is CCCc1cc(=O)[nH]c(Sc2cc(F)ccc2N)n1. The Morgan fingerprint density at radius 1 is 1.42 bits per heavy atom. The average Bonchev–Trinajstić information content (AvgIpc) is 2.33. The first-order valence-electron chi connectivity index (χ1n) is 5.91. The standard InChI is InChI=1S/C13H14FN3OS/c1-2-3-9-7-12(18)17-13(16-9)19-11-6-8(14)4-5-10(11)15/h4-7H,2-3,15H2,1H3,(H,16,17,18). The molecule has 0 saturated heterocycles. The van der Waals surface area contributed by atoms with Gasteiger partial charge in [0, 0.05) is 22.3 Å². The van der Waals surface area contributed by atoms with Crippen LogP contribution in [0.3, 0.4) is 0 Å². The maximum absolute atomic E-state index is 13.2. The van der Waals surface area contributed by atoms with E-state index in [1.165, 1.54) is 24.3 Å². The van der Waals surface area contributed by atoms with E-state index in [4.69, 9.17) is 5.73 Å². The molecule has 4 nitrogen and oxygen atoms in total. The number of hydrogen-bond acceptors (Lipinski definition) is 4. The number of benzene rings is 1. The molecule has 1 aromatic carbocycles. The van der Waals surface area contributed by atoms with E-state index in [0.29, 0.717) is 15.7 Å². The van der Waals surface area contributed by atoms with Crippen molar-refractivity contribution in [3.05, 3.63) is 46.1 Å². The minimum Gasteiger partial charge on any atom is -0.398 e. The molecule has 0 spiro atoms. The van der Waals surface area contributed by atoms with Gasteiger partial charge in [-0.2, -0.15) is 0 Å². The second-order valence-corrected chi connectivity index (χ2v) is 5.11. The van der Waals surface area contributed by atoms with E-state index in [0.717, 1.165) is 30.3 Å². The smallest absolute Gasteiger partial charge is 0.251 e. The third kappa shape index (κ3) is 3.57. The second-order valence-electron chi connectivity index (χ2n) is 4.08. The number of nitrogens with one attached hydrogen (secondary N) is 1. The van der Waals surface area contributed by atoms with Crippen molar-refractivity contribution in [3.8, 4) is 0 Å². The Hall–Kier alpha value is -1.82. The lowest BCUT2D eigenvalue weighted by molar-refractivity contribution is 0.624. The fraction of sp³-hybridized carbons (Fsp3) is 0.231. The fourth-order valence-electron chi connectivity index (χ4n) is 1.62. The summed E-state index contributed by atoms with van der Waals surface area (Å²) < 4.78 is 13.2. The number of nitrogen functional groups attached to an aromatic ring is 1. The van der Waals surface area contributed by atoms with E-state index in [1.807, 2.05) is 6.92 Å². The first kappa shape index (κ1) is 13.6. The highest BCUT2D eigenvalue weighted by atomic mass is 32.2. The van der Waals surface area contributed by atoms with Crippen LogP contribution in [-0.4, -0.2) is 9.97 Å². The maximum Gasteiger partial charge on any atom is 0.251 e. The van der Waals surface area contributed by atoms with Crippen LogP contribution in [0.5, 0.6) is 0 Å². The first-order chi connectivity index (χ1) is 9.08. The monoisotopic (exact) mass is 279 g/mol. The van der Waals surface area contributed by atoms with Crippen LogP contribution in [0.25, 0.3) is 0 Å². The third-order valence-electron chi connectivity index (χ3n) is 2.46. The van der Waals surface area contributed by atoms with Crippen molar-refractivity contribution in [3.63, 3.8) is 0 Å². The predicted octanol–water partition coefficient (Wildman–Crippen LogP) is 2.59. The van der Waals surface area contributed by atoms with Gasteiger partial charge in [-0.25, -0.2) is 9.37 Å². The van der Waals surface area contributed by atoms with Crippen LogP contribution < -0.4 is 11.3 Å². The number of H-pyrrole nitrogens is 1. The quantitative estimate of drug-likeness (QED) is 0.666. The summed E-state index contributed by atoms with van der Waals surface area (Å²) in [5, 5.41) is 0.424. The van der Waals surface area contributed by atoms with Crippen LogP contribution in [-0.2, 0) is 6.42 Å². The van der Waals surface area contributed by atoms with Crippen molar-refractivity contribution in [1.29, 1.82) is 0 Å². The molecule has 0 amide bonds. The van der Waals surface area contributed by atoms with Crippen LogP contribution in [0.15, 0.2) is 39.1 Å².